The summed E-state index contributed by atoms with van der Waals surface area (Å²) in [6.07, 6.45) is 2.52. The zero-order valence-electron chi connectivity index (χ0n) is 15.6. The van der Waals surface area contributed by atoms with Gasteiger partial charge in [0.2, 0.25) is 10.0 Å². The fraction of sp³-hybridized carbons (Fsp3) is 0.562. The summed E-state index contributed by atoms with van der Waals surface area (Å²) < 4.78 is 31.8. The molecule has 1 aromatic heterocycles. The van der Waals surface area contributed by atoms with Gasteiger partial charge >= 0.3 is 6.09 Å². The van der Waals surface area contributed by atoms with E-state index in [1.807, 2.05) is 4.90 Å². The topological polar surface area (TPSA) is 116 Å². The fourth-order valence-electron chi connectivity index (χ4n) is 2.60. The van der Waals surface area contributed by atoms with Crippen LogP contribution in [0, 0.1) is 0 Å². The van der Waals surface area contributed by atoms with E-state index in [1.54, 1.807) is 24.9 Å². The van der Waals surface area contributed by atoms with Crippen LogP contribution in [0.2, 0.25) is 0 Å². The zero-order valence-corrected chi connectivity index (χ0v) is 16.4. The lowest BCUT2D eigenvalue weighted by Gasteiger charge is -2.35. The van der Waals surface area contributed by atoms with E-state index in [0.717, 1.165) is 0 Å². The number of rotatable bonds is 6. The lowest BCUT2D eigenvalue weighted by atomic mass is 10.3. The highest BCUT2D eigenvalue weighted by Gasteiger charge is 2.23. The molecule has 0 spiro atoms. The maximum Gasteiger partial charge on any atom is 0.409 e. The number of carbonyl (C=O) groups excluding carboxylic acids is 1. The van der Waals surface area contributed by atoms with Gasteiger partial charge < -0.3 is 19.9 Å². The predicted molar refractivity (Wildman–Crippen MR) is 101 cm³/mol. The molecule has 0 saturated carbocycles. The lowest BCUT2D eigenvalue weighted by molar-refractivity contribution is 0.0915. The quantitative estimate of drug-likeness (QED) is 0.384. The summed E-state index contributed by atoms with van der Waals surface area (Å²) in [5, 5.41) is 3.13. The lowest BCUT2D eigenvalue weighted by Crippen LogP contribution is -2.54. The molecule has 0 radical (unpaired) electrons. The van der Waals surface area contributed by atoms with Crippen molar-refractivity contribution in [3.05, 3.63) is 24.5 Å². The fourth-order valence-corrected chi connectivity index (χ4v) is 3.59. The second kappa shape index (κ2) is 10.1. The number of sulfonamides is 1. The summed E-state index contributed by atoms with van der Waals surface area (Å²) in [5.74, 6) is 0.666. The highest BCUT2D eigenvalue weighted by molar-refractivity contribution is 7.89. The van der Waals surface area contributed by atoms with E-state index in [1.165, 1.54) is 18.5 Å². The van der Waals surface area contributed by atoms with Gasteiger partial charge in [0.1, 0.15) is 4.90 Å². The molecular formula is C16H26N6O4S. The molecule has 2 N–H and O–H groups in total. The number of nitrogens with one attached hydrogen (secondary N) is 2. The summed E-state index contributed by atoms with van der Waals surface area (Å²) in [5.41, 5.74) is 0. The molecule has 150 valence electrons. The first-order valence-electron chi connectivity index (χ1n) is 8.75. The molecule has 1 aliphatic rings. The van der Waals surface area contributed by atoms with Crippen LogP contribution in [-0.4, -0.2) is 88.2 Å². The molecule has 2 heterocycles. The van der Waals surface area contributed by atoms with Gasteiger partial charge in [-0.15, -0.1) is 0 Å². The van der Waals surface area contributed by atoms with E-state index in [0.29, 0.717) is 45.3 Å². The van der Waals surface area contributed by atoms with E-state index >= 15 is 0 Å². The Labute approximate surface area is 159 Å². The van der Waals surface area contributed by atoms with Crippen LogP contribution < -0.4 is 10.0 Å². The van der Waals surface area contributed by atoms with Crippen molar-refractivity contribution in [1.82, 2.24) is 24.8 Å². The molecule has 2 rings (SSSR count). The summed E-state index contributed by atoms with van der Waals surface area (Å²) in [4.78, 5) is 23.6. The Morgan fingerprint density at radius 1 is 1.26 bits per heavy atom. The first-order valence-corrected chi connectivity index (χ1v) is 10.2. The minimum absolute atomic E-state index is 0.129. The number of ether oxygens (including phenoxy) is 1. The molecule has 11 heteroatoms. The molecule has 1 saturated heterocycles. The molecule has 0 unspecified atom stereocenters. The number of piperazine rings is 1. The second-order valence-corrected chi connectivity index (χ2v) is 7.50. The highest BCUT2D eigenvalue weighted by Crippen LogP contribution is 2.05. The minimum Gasteiger partial charge on any atom is -0.450 e. The van der Waals surface area contributed by atoms with Crippen LogP contribution in [0.1, 0.15) is 6.92 Å². The summed E-state index contributed by atoms with van der Waals surface area (Å²) in [7, 11) is -1.91. The molecule has 1 aromatic rings. The van der Waals surface area contributed by atoms with Crippen LogP contribution in [0.5, 0.6) is 0 Å². The van der Waals surface area contributed by atoms with E-state index in [2.05, 4.69) is 20.0 Å². The van der Waals surface area contributed by atoms with Crippen molar-refractivity contribution in [2.24, 2.45) is 4.99 Å². The Bertz CT molecular complexity index is 733. The minimum atomic E-state index is -3.58. The van der Waals surface area contributed by atoms with Gasteiger partial charge in [0.25, 0.3) is 0 Å². The zero-order chi connectivity index (χ0) is 19.7. The second-order valence-electron chi connectivity index (χ2n) is 5.73. The van der Waals surface area contributed by atoms with Crippen molar-refractivity contribution in [3.8, 4) is 0 Å². The normalized spacial score (nSPS) is 15.6. The van der Waals surface area contributed by atoms with Crippen molar-refractivity contribution >= 4 is 22.1 Å². The molecular weight excluding hydrogens is 372 g/mol. The number of aliphatic imine (C=N–C) groups is 1. The Kier molecular flexibility index (Phi) is 7.80. The molecule has 0 aromatic carbocycles. The van der Waals surface area contributed by atoms with Gasteiger partial charge in [-0.3, -0.25) is 9.98 Å². The monoisotopic (exact) mass is 398 g/mol. The standard InChI is InChI=1S/C16H26N6O4S/c1-3-26-16(23)22-11-9-21(10-12-22)15(17-2)19-7-8-20-27(24,25)14-5-4-6-18-13-14/h4-6,13,20H,3,7-12H2,1-2H3,(H,17,19). The van der Waals surface area contributed by atoms with E-state index in [9.17, 15) is 13.2 Å². The van der Waals surface area contributed by atoms with Crippen LogP contribution in [0.3, 0.4) is 0 Å². The van der Waals surface area contributed by atoms with Gasteiger partial charge in [0, 0.05) is 58.7 Å². The smallest absolute Gasteiger partial charge is 0.409 e. The van der Waals surface area contributed by atoms with E-state index in [-0.39, 0.29) is 17.5 Å². The van der Waals surface area contributed by atoms with Crippen LogP contribution >= 0.6 is 0 Å². The molecule has 0 aliphatic carbocycles. The molecule has 0 bridgehead atoms. The molecule has 1 fully saturated rings. The van der Waals surface area contributed by atoms with Crippen LogP contribution in [0.25, 0.3) is 0 Å². The van der Waals surface area contributed by atoms with E-state index < -0.39 is 10.0 Å². The van der Waals surface area contributed by atoms with Gasteiger partial charge in [-0.05, 0) is 19.1 Å². The number of hydrogen-bond donors (Lipinski definition) is 2. The Morgan fingerprint density at radius 3 is 2.56 bits per heavy atom. The van der Waals surface area contributed by atoms with Crippen molar-refractivity contribution < 1.29 is 17.9 Å². The number of hydrogen-bond acceptors (Lipinski definition) is 6. The van der Waals surface area contributed by atoms with Crippen molar-refractivity contribution in [2.45, 2.75) is 11.8 Å². The molecule has 1 amide bonds. The third-order valence-electron chi connectivity index (χ3n) is 3.96. The van der Waals surface area contributed by atoms with Gasteiger partial charge in [0.15, 0.2) is 5.96 Å². The van der Waals surface area contributed by atoms with Gasteiger partial charge in [-0.2, -0.15) is 0 Å². The van der Waals surface area contributed by atoms with Crippen LogP contribution in [-0.2, 0) is 14.8 Å². The van der Waals surface area contributed by atoms with Crippen LogP contribution in [0.4, 0.5) is 4.79 Å². The largest absolute Gasteiger partial charge is 0.450 e. The van der Waals surface area contributed by atoms with Gasteiger partial charge in [-0.25, -0.2) is 17.9 Å². The number of nitrogens with zero attached hydrogens (tertiary/aromatic N) is 4. The molecule has 10 nitrogen and oxygen atoms in total. The molecule has 27 heavy (non-hydrogen) atoms. The van der Waals surface area contributed by atoms with Crippen LogP contribution in [0.15, 0.2) is 34.4 Å². The third kappa shape index (κ3) is 6.07. The van der Waals surface area contributed by atoms with Crippen molar-refractivity contribution in [3.63, 3.8) is 0 Å². The number of aromatic nitrogens is 1. The average molecular weight is 398 g/mol. The van der Waals surface area contributed by atoms with E-state index in [4.69, 9.17) is 4.74 Å². The molecule has 0 atom stereocenters. The van der Waals surface area contributed by atoms with Gasteiger partial charge in [-0.1, -0.05) is 0 Å². The maximum atomic E-state index is 12.1. The predicted octanol–water partition coefficient (Wildman–Crippen LogP) is -0.291. The first kappa shape index (κ1) is 20.9. The molecule has 1 aliphatic heterocycles. The Morgan fingerprint density at radius 2 is 1.96 bits per heavy atom. The third-order valence-corrected chi connectivity index (χ3v) is 5.41. The summed E-state index contributed by atoms with van der Waals surface area (Å²) in [6.45, 7) is 5.07. The maximum absolute atomic E-state index is 12.1. The number of amides is 1. The Hall–Kier alpha value is -2.40. The first-order chi connectivity index (χ1) is 13.0. The SMILES string of the molecule is CCOC(=O)N1CCN(C(=NC)NCCNS(=O)(=O)c2cccnc2)CC1. The Balaban J connectivity index is 1.76. The highest BCUT2D eigenvalue weighted by atomic mass is 32.2. The van der Waals surface area contributed by atoms with Crippen molar-refractivity contribution in [2.75, 3.05) is 52.9 Å². The average Bonchev–Trinajstić information content (AvgIpc) is 2.69. The summed E-state index contributed by atoms with van der Waals surface area (Å²) in [6, 6.07) is 3.06. The number of pyridine rings is 1. The summed E-state index contributed by atoms with van der Waals surface area (Å²) >= 11 is 0. The van der Waals surface area contributed by atoms with Gasteiger partial charge in [0.05, 0.1) is 6.61 Å². The number of guanidine groups is 1. The van der Waals surface area contributed by atoms with Crippen molar-refractivity contribution in [1.29, 1.82) is 0 Å². The number of carbonyl (C=O) groups is 1.